The van der Waals surface area contributed by atoms with E-state index in [0.717, 1.165) is 16.9 Å². The fraction of sp³-hybridized carbons (Fsp3) is 0.125. The molecule has 1 N–H and O–H groups in total. The summed E-state index contributed by atoms with van der Waals surface area (Å²) in [5, 5.41) is 1.17. The summed E-state index contributed by atoms with van der Waals surface area (Å²) in [6.45, 7) is 0.242. The lowest BCUT2D eigenvalue weighted by Gasteiger charge is -2.04. The first-order valence-corrected chi connectivity index (χ1v) is 7.99. The molecule has 0 heterocycles. The highest BCUT2D eigenvalue weighted by atomic mass is 32.2. The Labute approximate surface area is 125 Å². The van der Waals surface area contributed by atoms with E-state index in [0.29, 0.717) is 0 Å². The van der Waals surface area contributed by atoms with Gasteiger partial charge in [0, 0.05) is 12.0 Å². The lowest BCUT2D eigenvalue weighted by Crippen LogP contribution is -2.20. The Morgan fingerprint density at radius 2 is 1.71 bits per heavy atom. The molecule has 110 valence electrons. The molecule has 0 unspecified atom stereocenters. The van der Waals surface area contributed by atoms with Crippen molar-refractivity contribution in [2.24, 2.45) is 0 Å². The van der Waals surface area contributed by atoms with Gasteiger partial charge >= 0.3 is 0 Å². The van der Waals surface area contributed by atoms with Crippen molar-refractivity contribution in [3.8, 4) is 5.75 Å². The van der Waals surface area contributed by atoms with Gasteiger partial charge in [-0.3, -0.25) is 0 Å². The summed E-state index contributed by atoms with van der Waals surface area (Å²) in [4.78, 5) is 0. The Bertz CT molecular complexity index is 692. The molecule has 0 saturated heterocycles. The van der Waals surface area contributed by atoms with Crippen LogP contribution in [0, 0.1) is 0 Å². The number of benzene rings is 2. The zero-order valence-corrected chi connectivity index (χ0v) is 12.5. The Hall–Kier alpha value is -2.11. The number of rotatable bonds is 6. The zero-order valence-electron chi connectivity index (χ0n) is 11.7. The van der Waals surface area contributed by atoms with Crippen LogP contribution >= 0.6 is 0 Å². The molecular formula is C16H17NO3S. The zero-order chi connectivity index (χ0) is 15.1. The average molecular weight is 303 g/mol. The minimum atomic E-state index is -3.46. The van der Waals surface area contributed by atoms with Gasteiger partial charge in [0.1, 0.15) is 5.75 Å². The molecular weight excluding hydrogens is 286 g/mol. The third-order valence-electron chi connectivity index (χ3n) is 2.88. The van der Waals surface area contributed by atoms with Crippen molar-refractivity contribution in [2.75, 3.05) is 7.11 Å². The number of hydrogen-bond acceptors (Lipinski definition) is 3. The van der Waals surface area contributed by atoms with Crippen LogP contribution in [0.3, 0.4) is 0 Å². The summed E-state index contributed by atoms with van der Waals surface area (Å²) >= 11 is 0. The van der Waals surface area contributed by atoms with Crippen LogP contribution in [0.2, 0.25) is 0 Å². The Morgan fingerprint density at radius 3 is 2.33 bits per heavy atom. The minimum Gasteiger partial charge on any atom is -0.497 e. The van der Waals surface area contributed by atoms with Crippen LogP contribution in [-0.4, -0.2) is 15.5 Å². The lowest BCUT2D eigenvalue weighted by molar-refractivity contribution is 0.414. The molecule has 0 aromatic heterocycles. The first-order valence-electron chi connectivity index (χ1n) is 6.45. The van der Waals surface area contributed by atoms with E-state index in [9.17, 15) is 8.42 Å². The highest BCUT2D eigenvalue weighted by molar-refractivity contribution is 7.92. The monoisotopic (exact) mass is 303 g/mol. The molecule has 0 radical (unpaired) electrons. The lowest BCUT2D eigenvalue weighted by atomic mass is 10.2. The van der Waals surface area contributed by atoms with Crippen LogP contribution in [0.4, 0.5) is 0 Å². The molecule has 0 aliphatic carbocycles. The smallest absolute Gasteiger partial charge is 0.234 e. The standard InChI is InChI=1S/C16H17NO3S/c1-20-16-9-7-15(8-10-16)13-17-21(18,19)12-11-14-5-3-2-4-6-14/h2-12,17H,13H2,1H3. The van der Waals surface area contributed by atoms with E-state index < -0.39 is 10.0 Å². The predicted molar refractivity (Wildman–Crippen MR) is 84.2 cm³/mol. The first-order chi connectivity index (χ1) is 10.1. The third kappa shape index (κ3) is 5.06. The van der Waals surface area contributed by atoms with Crippen molar-refractivity contribution < 1.29 is 13.2 Å². The Kier molecular flexibility index (Phi) is 5.14. The van der Waals surface area contributed by atoms with E-state index in [4.69, 9.17) is 4.74 Å². The van der Waals surface area contributed by atoms with Gasteiger partial charge in [-0.2, -0.15) is 0 Å². The van der Waals surface area contributed by atoms with Crippen molar-refractivity contribution in [1.29, 1.82) is 0 Å². The normalized spacial score (nSPS) is 11.7. The molecule has 2 aromatic carbocycles. The highest BCUT2D eigenvalue weighted by Crippen LogP contribution is 2.11. The van der Waals surface area contributed by atoms with E-state index in [1.54, 1.807) is 25.3 Å². The quantitative estimate of drug-likeness (QED) is 0.893. The van der Waals surface area contributed by atoms with Crippen LogP contribution < -0.4 is 9.46 Å². The van der Waals surface area contributed by atoms with Gasteiger partial charge in [-0.1, -0.05) is 42.5 Å². The molecule has 0 amide bonds. The van der Waals surface area contributed by atoms with Crippen LogP contribution in [0.1, 0.15) is 11.1 Å². The van der Waals surface area contributed by atoms with Crippen LogP contribution in [0.25, 0.3) is 6.08 Å². The second-order valence-corrected chi connectivity index (χ2v) is 6.08. The van der Waals surface area contributed by atoms with Crippen molar-refractivity contribution in [1.82, 2.24) is 4.72 Å². The molecule has 2 rings (SSSR count). The van der Waals surface area contributed by atoms with E-state index in [2.05, 4.69) is 4.72 Å². The molecule has 4 nitrogen and oxygen atoms in total. The SMILES string of the molecule is COc1ccc(CNS(=O)(=O)C=Cc2ccccc2)cc1. The minimum absolute atomic E-state index is 0.242. The van der Waals surface area contributed by atoms with Gasteiger partial charge in [-0.05, 0) is 29.3 Å². The molecule has 0 spiro atoms. The third-order valence-corrected chi connectivity index (χ3v) is 3.92. The van der Waals surface area contributed by atoms with E-state index in [1.807, 2.05) is 42.5 Å². The molecule has 5 heteroatoms. The van der Waals surface area contributed by atoms with Gasteiger partial charge in [0.15, 0.2) is 0 Å². The molecule has 0 fully saturated rings. The predicted octanol–water partition coefficient (Wildman–Crippen LogP) is 2.79. The van der Waals surface area contributed by atoms with Gasteiger partial charge in [-0.25, -0.2) is 13.1 Å². The van der Waals surface area contributed by atoms with Gasteiger partial charge in [0.25, 0.3) is 0 Å². The average Bonchev–Trinajstić information content (AvgIpc) is 2.53. The molecule has 21 heavy (non-hydrogen) atoms. The summed E-state index contributed by atoms with van der Waals surface area (Å²) in [5.41, 5.74) is 1.71. The van der Waals surface area contributed by atoms with Gasteiger partial charge in [-0.15, -0.1) is 0 Å². The van der Waals surface area contributed by atoms with Crippen LogP contribution in [0.5, 0.6) is 5.75 Å². The number of methoxy groups -OCH3 is 1. The van der Waals surface area contributed by atoms with Gasteiger partial charge in [0.05, 0.1) is 7.11 Å². The number of hydrogen-bond donors (Lipinski definition) is 1. The highest BCUT2D eigenvalue weighted by Gasteiger charge is 2.05. The van der Waals surface area contributed by atoms with Crippen LogP contribution in [-0.2, 0) is 16.6 Å². The number of sulfonamides is 1. The number of nitrogens with one attached hydrogen (secondary N) is 1. The second-order valence-electron chi connectivity index (χ2n) is 4.43. The summed E-state index contributed by atoms with van der Waals surface area (Å²) in [7, 11) is -1.87. The molecule has 0 aliphatic heterocycles. The summed E-state index contributed by atoms with van der Waals surface area (Å²) in [5.74, 6) is 0.741. The van der Waals surface area contributed by atoms with E-state index >= 15 is 0 Å². The molecule has 0 aliphatic rings. The first kappa shape index (κ1) is 15.3. The van der Waals surface area contributed by atoms with Gasteiger partial charge < -0.3 is 4.74 Å². The Balaban J connectivity index is 1.96. The van der Waals surface area contributed by atoms with Crippen molar-refractivity contribution in [3.63, 3.8) is 0 Å². The second kappa shape index (κ2) is 7.06. The molecule has 2 aromatic rings. The fourth-order valence-electron chi connectivity index (χ4n) is 1.71. The van der Waals surface area contributed by atoms with Crippen molar-refractivity contribution >= 4 is 16.1 Å². The van der Waals surface area contributed by atoms with Crippen molar-refractivity contribution in [3.05, 3.63) is 71.1 Å². The van der Waals surface area contributed by atoms with E-state index in [-0.39, 0.29) is 6.54 Å². The topological polar surface area (TPSA) is 55.4 Å². The van der Waals surface area contributed by atoms with Gasteiger partial charge in [0.2, 0.25) is 10.0 Å². The molecule has 0 atom stereocenters. The summed E-state index contributed by atoms with van der Waals surface area (Å²) in [6, 6.07) is 16.5. The maximum absolute atomic E-state index is 11.9. The summed E-state index contributed by atoms with van der Waals surface area (Å²) < 4.78 is 31.3. The Morgan fingerprint density at radius 1 is 1.05 bits per heavy atom. The summed E-state index contributed by atoms with van der Waals surface area (Å²) in [6.07, 6.45) is 1.57. The fourth-order valence-corrected chi connectivity index (χ4v) is 2.51. The van der Waals surface area contributed by atoms with Crippen molar-refractivity contribution in [2.45, 2.75) is 6.54 Å². The molecule has 0 bridgehead atoms. The van der Waals surface area contributed by atoms with E-state index in [1.165, 1.54) is 5.41 Å². The maximum Gasteiger partial charge on any atom is 0.234 e. The number of ether oxygens (including phenoxy) is 1. The van der Waals surface area contributed by atoms with Crippen LogP contribution in [0.15, 0.2) is 60.0 Å². The molecule has 0 saturated carbocycles. The largest absolute Gasteiger partial charge is 0.497 e. The maximum atomic E-state index is 11.9.